The first kappa shape index (κ1) is 23.1. The van der Waals surface area contributed by atoms with Gasteiger partial charge in [-0.15, -0.1) is 12.4 Å². The predicted molar refractivity (Wildman–Crippen MR) is 120 cm³/mol. The third-order valence-corrected chi connectivity index (χ3v) is 5.74. The van der Waals surface area contributed by atoms with Crippen molar-refractivity contribution in [1.29, 1.82) is 0 Å². The van der Waals surface area contributed by atoms with E-state index in [2.05, 4.69) is 71.5 Å². The molecule has 7 nitrogen and oxygen atoms in total. The lowest BCUT2D eigenvalue weighted by Crippen LogP contribution is -2.46. The maximum Gasteiger partial charge on any atom is 0.471 e. The first-order valence-corrected chi connectivity index (χ1v) is 10.3. The summed E-state index contributed by atoms with van der Waals surface area (Å²) in [5, 5.41) is 4.68. The molecule has 1 aliphatic heterocycles. The van der Waals surface area contributed by atoms with Crippen molar-refractivity contribution in [3.05, 3.63) is 60.2 Å². The lowest BCUT2D eigenvalue weighted by Gasteiger charge is -2.35. The molecule has 0 radical (unpaired) electrons. The van der Waals surface area contributed by atoms with Gasteiger partial charge in [-0.05, 0) is 23.8 Å². The van der Waals surface area contributed by atoms with Crippen LogP contribution in [-0.4, -0.2) is 50.8 Å². The summed E-state index contributed by atoms with van der Waals surface area (Å²) in [6, 6.07) is 11.8. The highest BCUT2D eigenvalue weighted by atomic mass is 35.5. The number of pyridine rings is 1. The highest BCUT2D eigenvalue weighted by molar-refractivity contribution is 5.85. The molecule has 0 saturated carbocycles. The molecule has 0 N–H and O–H groups in total. The monoisotopic (exact) mass is 478 g/mol. The minimum absolute atomic E-state index is 0. The average Bonchev–Trinajstić information content (AvgIpc) is 3.41. The second kappa shape index (κ2) is 9.03. The Bertz CT molecular complexity index is 1230. The van der Waals surface area contributed by atoms with Crippen LogP contribution >= 0.6 is 12.4 Å². The van der Waals surface area contributed by atoms with Gasteiger partial charge in [-0.3, -0.25) is 4.90 Å². The van der Waals surface area contributed by atoms with Gasteiger partial charge in [-0.2, -0.15) is 18.2 Å². The molecule has 11 heteroatoms. The Hall–Kier alpha value is -3.11. The SMILES string of the molecule is Cl.Cn1cc(CN2CCN(c3ccc(-c4noc(C(F)(F)F)n4)cn3)CC2)c2ccccc21. The molecule has 174 valence electrons. The number of halogens is 4. The number of benzene rings is 1. The summed E-state index contributed by atoms with van der Waals surface area (Å²) < 4.78 is 44.4. The number of anilines is 1. The van der Waals surface area contributed by atoms with Crippen molar-refractivity contribution in [2.24, 2.45) is 7.05 Å². The van der Waals surface area contributed by atoms with E-state index in [0.717, 1.165) is 38.5 Å². The van der Waals surface area contributed by atoms with Gasteiger partial charge in [-0.1, -0.05) is 23.4 Å². The molecule has 4 aromatic rings. The molecule has 1 saturated heterocycles. The Morgan fingerprint density at radius 1 is 1.03 bits per heavy atom. The Morgan fingerprint density at radius 2 is 1.79 bits per heavy atom. The molecule has 0 bridgehead atoms. The number of hydrogen-bond acceptors (Lipinski definition) is 6. The standard InChI is InChI=1S/C22H21F3N6O.ClH/c1-29-13-16(17-4-2-3-5-18(17)29)14-30-8-10-31(11-9-30)19-7-6-15(12-26-19)20-27-21(32-28-20)22(23,24)25;/h2-7,12-13H,8-11,14H2,1H3;1H. The molecule has 1 fully saturated rings. The van der Waals surface area contributed by atoms with Gasteiger partial charge in [0.05, 0.1) is 0 Å². The summed E-state index contributed by atoms with van der Waals surface area (Å²) >= 11 is 0. The number of hydrogen-bond donors (Lipinski definition) is 0. The normalized spacial score (nSPS) is 15.1. The number of aromatic nitrogens is 4. The predicted octanol–water partition coefficient (Wildman–Crippen LogP) is 4.39. The van der Waals surface area contributed by atoms with Crippen molar-refractivity contribution >= 4 is 29.1 Å². The minimum Gasteiger partial charge on any atom is -0.354 e. The van der Waals surface area contributed by atoms with Crippen molar-refractivity contribution in [1.82, 2.24) is 24.6 Å². The minimum atomic E-state index is -4.66. The van der Waals surface area contributed by atoms with Crippen LogP contribution in [0, 0.1) is 0 Å². The van der Waals surface area contributed by atoms with Gasteiger partial charge in [-0.25, -0.2) is 4.98 Å². The number of para-hydroxylation sites is 1. The summed E-state index contributed by atoms with van der Waals surface area (Å²) in [6.07, 6.45) is -0.993. The molecule has 3 aromatic heterocycles. The van der Waals surface area contributed by atoms with E-state index in [4.69, 9.17) is 0 Å². The van der Waals surface area contributed by atoms with E-state index in [1.807, 2.05) is 0 Å². The van der Waals surface area contributed by atoms with E-state index in [1.165, 1.54) is 22.7 Å². The summed E-state index contributed by atoms with van der Waals surface area (Å²) in [5.74, 6) is -0.715. The van der Waals surface area contributed by atoms with Crippen LogP contribution in [0.15, 0.2) is 53.3 Å². The number of piperazine rings is 1. The number of fused-ring (bicyclic) bond motifs is 1. The number of rotatable bonds is 4. The van der Waals surface area contributed by atoms with E-state index in [1.54, 1.807) is 12.1 Å². The average molecular weight is 479 g/mol. The van der Waals surface area contributed by atoms with Crippen molar-refractivity contribution in [2.45, 2.75) is 12.7 Å². The van der Waals surface area contributed by atoms with E-state index in [9.17, 15) is 13.2 Å². The third-order valence-electron chi connectivity index (χ3n) is 5.74. The van der Waals surface area contributed by atoms with Crippen LogP contribution in [0.5, 0.6) is 0 Å². The molecule has 4 heterocycles. The van der Waals surface area contributed by atoms with Crippen LogP contribution < -0.4 is 4.90 Å². The van der Waals surface area contributed by atoms with Crippen LogP contribution in [0.4, 0.5) is 19.0 Å². The van der Waals surface area contributed by atoms with E-state index in [-0.39, 0.29) is 18.2 Å². The highest BCUT2D eigenvalue weighted by Crippen LogP contribution is 2.29. The summed E-state index contributed by atoms with van der Waals surface area (Å²) in [7, 11) is 2.07. The fraction of sp³-hybridized carbons (Fsp3) is 0.318. The fourth-order valence-corrected chi connectivity index (χ4v) is 4.09. The summed E-state index contributed by atoms with van der Waals surface area (Å²) in [5.41, 5.74) is 2.93. The maximum absolute atomic E-state index is 12.6. The molecule has 0 spiro atoms. The fourth-order valence-electron chi connectivity index (χ4n) is 4.09. The van der Waals surface area contributed by atoms with E-state index in [0.29, 0.717) is 5.56 Å². The molecule has 1 aliphatic rings. The molecule has 5 rings (SSSR count). The van der Waals surface area contributed by atoms with Gasteiger partial charge in [0.2, 0.25) is 5.82 Å². The summed E-state index contributed by atoms with van der Waals surface area (Å²) in [4.78, 5) is 12.4. The highest BCUT2D eigenvalue weighted by Gasteiger charge is 2.38. The van der Waals surface area contributed by atoms with Crippen LogP contribution in [0.2, 0.25) is 0 Å². The molecular weight excluding hydrogens is 457 g/mol. The van der Waals surface area contributed by atoms with Crippen LogP contribution in [0.1, 0.15) is 11.5 Å². The van der Waals surface area contributed by atoms with E-state index < -0.39 is 12.1 Å². The number of nitrogens with zero attached hydrogens (tertiary/aromatic N) is 6. The molecule has 0 aliphatic carbocycles. The van der Waals surface area contributed by atoms with Gasteiger partial charge >= 0.3 is 12.1 Å². The first-order valence-electron chi connectivity index (χ1n) is 10.3. The zero-order valence-electron chi connectivity index (χ0n) is 17.8. The maximum atomic E-state index is 12.6. The lowest BCUT2D eigenvalue weighted by atomic mass is 10.1. The Balaban J connectivity index is 0.00000259. The van der Waals surface area contributed by atoms with Crippen LogP contribution in [0.25, 0.3) is 22.3 Å². The second-order valence-corrected chi connectivity index (χ2v) is 7.87. The van der Waals surface area contributed by atoms with Gasteiger partial charge in [0.1, 0.15) is 5.82 Å². The first-order chi connectivity index (χ1) is 15.4. The van der Waals surface area contributed by atoms with Gasteiger partial charge in [0.15, 0.2) is 0 Å². The zero-order valence-corrected chi connectivity index (χ0v) is 18.6. The van der Waals surface area contributed by atoms with Gasteiger partial charge in [0, 0.05) is 68.6 Å². The molecule has 0 atom stereocenters. The van der Waals surface area contributed by atoms with Crippen molar-refractivity contribution in [3.63, 3.8) is 0 Å². The van der Waals surface area contributed by atoms with Crippen molar-refractivity contribution in [2.75, 3.05) is 31.1 Å². The second-order valence-electron chi connectivity index (χ2n) is 7.87. The Labute approximate surface area is 194 Å². The molecule has 0 unspecified atom stereocenters. The molecule has 0 amide bonds. The molecule has 33 heavy (non-hydrogen) atoms. The number of aryl methyl sites for hydroxylation is 1. The topological polar surface area (TPSA) is 63.2 Å². The Kier molecular flexibility index (Phi) is 6.31. The molecular formula is C22H22ClF3N6O. The number of alkyl halides is 3. The van der Waals surface area contributed by atoms with Gasteiger partial charge in [0.25, 0.3) is 0 Å². The smallest absolute Gasteiger partial charge is 0.354 e. The van der Waals surface area contributed by atoms with Crippen LogP contribution in [0.3, 0.4) is 0 Å². The van der Waals surface area contributed by atoms with Crippen molar-refractivity contribution < 1.29 is 17.7 Å². The molecule has 1 aromatic carbocycles. The van der Waals surface area contributed by atoms with Crippen LogP contribution in [-0.2, 0) is 19.8 Å². The Morgan fingerprint density at radius 3 is 2.45 bits per heavy atom. The third kappa shape index (κ3) is 4.67. The largest absolute Gasteiger partial charge is 0.471 e. The van der Waals surface area contributed by atoms with Gasteiger partial charge < -0.3 is 14.0 Å². The van der Waals surface area contributed by atoms with Crippen molar-refractivity contribution in [3.8, 4) is 11.4 Å². The zero-order chi connectivity index (χ0) is 22.3. The van der Waals surface area contributed by atoms with E-state index >= 15 is 0 Å². The summed E-state index contributed by atoms with van der Waals surface area (Å²) in [6.45, 7) is 4.31. The quantitative estimate of drug-likeness (QED) is 0.433. The lowest BCUT2D eigenvalue weighted by molar-refractivity contribution is -0.159.